The molecule has 134 valence electrons. The standard InChI is InChI=1S/C23H21N3O/c24-21-4-2-17-13-18(1-3-19(17)21)20-14-22(15-5-9-25-10-6-15)27-23(20)16-7-11-26-12-8-16/h1,3,5,7-8,11-14,24-25H,2,4,6,9-10H2. The summed E-state index contributed by atoms with van der Waals surface area (Å²) in [6.07, 6.45) is 8.58. The molecule has 4 heteroatoms. The summed E-state index contributed by atoms with van der Waals surface area (Å²) in [6.45, 7) is 1.87. The number of benzene rings is 1. The van der Waals surface area contributed by atoms with Gasteiger partial charge in [0.05, 0.1) is 0 Å². The van der Waals surface area contributed by atoms with Crippen LogP contribution in [0.15, 0.2) is 59.3 Å². The summed E-state index contributed by atoms with van der Waals surface area (Å²) in [5.74, 6) is 1.84. The first-order valence-electron chi connectivity index (χ1n) is 9.45. The molecule has 0 saturated heterocycles. The molecule has 2 N–H and O–H groups in total. The predicted octanol–water partition coefficient (Wildman–Crippen LogP) is 4.70. The van der Waals surface area contributed by atoms with Crippen molar-refractivity contribution in [3.8, 4) is 22.5 Å². The zero-order valence-corrected chi connectivity index (χ0v) is 15.1. The van der Waals surface area contributed by atoms with E-state index in [1.165, 1.54) is 11.1 Å². The van der Waals surface area contributed by atoms with Crippen molar-refractivity contribution in [2.24, 2.45) is 0 Å². The molecule has 0 fully saturated rings. The van der Waals surface area contributed by atoms with E-state index < -0.39 is 0 Å². The van der Waals surface area contributed by atoms with E-state index >= 15 is 0 Å². The summed E-state index contributed by atoms with van der Waals surface area (Å²) < 4.78 is 6.37. The van der Waals surface area contributed by atoms with Crippen LogP contribution >= 0.6 is 0 Å². The Bertz CT molecular complexity index is 1050. The SMILES string of the molecule is N=C1CCc2cc(-c3cc(C4=CCNCC4)oc3-c3ccncc3)ccc21. The van der Waals surface area contributed by atoms with Gasteiger partial charge in [-0.15, -0.1) is 0 Å². The lowest BCUT2D eigenvalue weighted by Gasteiger charge is -2.11. The molecule has 0 radical (unpaired) electrons. The number of aromatic nitrogens is 1. The van der Waals surface area contributed by atoms with Gasteiger partial charge in [-0.1, -0.05) is 24.3 Å². The summed E-state index contributed by atoms with van der Waals surface area (Å²) in [5.41, 5.74) is 7.67. The van der Waals surface area contributed by atoms with Crippen LogP contribution in [0.3, 0.4) is 0 Å². The molecule has 1 aliphatic heterocycles. The van der Waals surface area contributed by atoms with Crippen LogP contribution in [-0.4, -0.2) is 23.8 Å². The van der Waals surface area contributed by atoms with E-state index in [1.807, 2.05) is 12.1 Å². The Morgan fingerprint density at radius 1 is 0.926 bits per heavy atom. The van der Waals surface area contributed by atoms with Crippen LogP contribution in [0.1, 0.15) is 29.7 Å². The summed E-state index contributed by atoms with van der Waals surface area (Å²) >= 11 is 0. The van der Waals surface area contributed by atoms with Crippen molar-refractivity contribution in [1.82, 2.24) is 10.3 Å². The fourth-order valence-corrected chi connectivity index (χ4v) is 3.98. The van der Waals surface area contributed by atoms with Gasteiger partial charge in [-0.25, -0.2) is 0 Å². The minimum atomic E-state index is 0.749. The van der Waals surface area contributed by atoms with Crippen molar-refractivity contribution >= 4 is 11.3 Å². The molecule has 2 aliphatic rings. The van der Waals surface area contributed by atoms with Gasteiger partial charge in [0.15, 0.2) is 0 Å². The lowest BCUT2D eigenvalue weighted by molar-refractivity contribution is 0.561. The average Bonchev–Trinajstić information content (AvgIpc) is 3.33. The minimum Gasteiger partial charge on any atom is -0.456 e. The fourth-order valence-electron chi connectivity index (χ4n) is 3.98. The van der Waals surface area contributed by atoms with Crippen molar-refractivity contribution in [1.29, 1.82) is 5.41 Å². The quantitative estimate of drug-likeness (QED) is 0.716. The highest BCUT2D eigenvalue weighted by atomic mass is 16.3. The lowest BCUT2D eigenvalue weighted by Crippen LogP contribution is -2.19. The van der Waals surface area contributed by atoms with Gasteiger partial charge in [-0.2, -0.15) is 0 Å². The van der Waals surface area contributed by atoms with Gasteiger partial charge in [-0.05, 0) is 66.3 Å². The number of hydrogen-bond donors (Lipinski definition) is 2. The number of rotatable bonds is 3. The van der Waals surface area contributed by atoms with E-state index in [2.05, 4.69) is 40.6 Å². The topological polar surface area (TPSA) is 61.9 Å². The van der Waals surface area contributed by atoms with Crippen molar-refractivity contribution in [3.05, 3.63) is 71.8 Å². The summed E-state index contributed by atoms with van der Waals surface area (Å²) in [6, 6.07) is 12.6. The third kappa shape index (κ3) is 2.92. The molecule has 4 nitrogen and oxygen atoms in total. The molecule has 1 aliphatic carbocycles. The molecule has 0 bridgehead atoms. The average molecular weight is 355 g/mol. The maximum absolute atomic E-state index is 8.08. The zero-order chi connectivity index (χ0) is 18.2. The van der Waals surface area contributed by atoms with Gasteiger partial charge in [-0.3, -0.25) is 4.98 Å². The number of furan rings is 1. The molecule has 0 amide bonds. The minimum absolute atomic E-state index is 0.749. The van der Waals surface area contributed by atoms with Crippen LogP contribution in [0.25, 0.3) is 28.0 Å². The predicted molar refractivity (Wildman–Crippen MR) is 108 cm³/mol. The maximum atomic E-state index is 8.08. The summed E-state index contributed by atoms with van der Waals surface area (Å²) in [5, 5.41) is 11.4. The van der Waals surface area contributed by atoms with Gasteiger partial charge >= 0.3 is 0 Å². The van der Waals surface area contributed by atoms with Crippen LogP contribution in [0.5, 0.6) is 0 Å². The Labute approximate surface area is 158 Å². The van der Waals surface area contributed by atoms with E-state index in [0.29, 0.717) is 0 Å². The number of aryl methyl sites for hydroxylation is 1. The molecule has 5 rings (SSSR count). The van der Waals surface area contributed by atoms with Gasteiger partial charge in [0.2, 0.25) is 0 Å². The smallest absolute Gasteiger partial charge is 0.142 e. The highest BCUT2D eigenvalue weighted by Gasteiger charge is 2.21. The highest BCUT2D eigenvalue weighted by molar-refractivity contribution is 6.03. The van der Waals surface area contributed by atoms with Crippen LogP contribution < -0.4 is 5.32 Å². The second-order valence-electron chi connectivity index (χ2n) is 7.12. The normalized spacial score (nSPS) is 16.3. The van der Waals surface area contributed by atoms with Gasteiger partial charge in [0.1, 0.15) is 11.5 Å². The van der Waals surface area contributed by atoms with E-state index in [1.54, 1.807) is 12.4 Å². The molecule has 3 heterocycles. The third-order valence-electron chi connectivity index (χ3n) is 5.44. The highest BCUT2D eigenvalue weighted by Crippen LogP contribution is 2.39. The monoisotopic (exact) mass is 355 g/mol. The Hall–Kier alpha value is -2.98. The van der Waals surface area contributed by atoms with Gasteiger partial charge in [0, 0.05) is 35.8 Å². The molecule has 3 aromatic rings. The first kappa shape index (κ1) is 16.2. The largest absolute Gasteiger partial charge is 0.456 e. The van der Waals surface area contributed by atoms with Crippen molar-refractivity contribution in [2.75, 3.05) is 13.1 Å². The van der Waals surface area contributed by atoms with Crippen molar-refractivity contribution in [3.63, 3.8) is 0 Å². The molecule has 0 spiro atoms. The van der Waals surface area contributed by atoms with Gasteiger partial charge < -0.3 is 15.1 Å². The Kier molecular flexibility index (Phi) is 3.98. The van der Waals surface area contributed by atoms with E-state index in [0.717, 1.165) is 71.8 Å². The zero-order valence-electron chi connectivity index (χ0n) is 15.1. The van der Waals surface area contributed by atoms with E-state index in [-0.39, 0.29) is 0 Å². The number of hydrogen-bond acceptors (Lipinski definition) is 4. The first-order chi connectivity index (χ1) is 13.3. The number of nitrogens with zero attached hydrogens (tertiary/aromatic N) is 1. The lowest BCUT2D eigenvalue weighted by atomic mass is 9.97. The first-order valence-corrected chi connectivity index (χ1v) is 9.45. The molecule has 0 unspecified atom stereocenters. The van der Waals surface area contributed by atoms with Gasteiger partial charge in [0.25, 0.3) is 0 Å². The second kappa shape index (κ2) is 6.63. The molecule has 0 atom stereocenters. The van der Waals surface area contributed by atoms with Crippen LogP contribution in [0.2, 0.25) is 0 Å². The summed E-state index contributed by atoms with van der Waals surface area (Å²) in [7, 11) is 0. The van der Waals surface area contributed by atoms with Crippen LogP contribution in [-0.2, 0) is 6.42 Å². The molecule has 0 saturated carbocycles. The van der Waals surface area contributed by atoms with Crippen molar-refractivity contribution in [2.45, 2.75) is 19.3 Å². The maximum Gasteiger partial charge on any atom is 0.142 e. The van der Waals surface area contributed by atoms with Crippen molar-refractivity contribution < 1.29 is 4.42 Å². The Balaban J connectivity index is 1.65. The Morgan fingerprint density at radius 2 is 1.81 bits per heavy atom. The van der Waals surface area contributed by atoms with Crippen LogP contribution in [0, 0.1) is 5.41 Å². The molecule has 2 aromatic heterocycles. The fraction of sp³-hybridized carbons (Fsp3) is 0.217. The molecular formula is C23H21N3O. The van der Waals surface area contributed by atoms with E-state index in [9.17, 15) is 0 Å². The number of nitrogens with one attached hydrogen (secondary N) is 2. The molecule has 27 heavy (non-hydrogen) atoms. The van der Waals surface area contributed by atoms with Crippen LogP contribution in [0.4, 0.5) is 0 Å². The Morgan fingerprint density at radius 3 is 2.63 bits per heavy atom. The number of fused-ring (bicyclic) bond motifs is 1. The molecular weight excluding hydrogens is 334 g/mol. The molecule has 1 aromatic carbocycles. The summed E-state index contributed by atoms with van der Waals surface area (Å²) in [4.78, 5) is 4.14. The second-order valence-corrected chi connectivity index (χ2v) is 7.12. The third-order valence-corrected chi connectivity index (χ3v) is 5.44. The van der Waals surface area contributed by atoms with E-state index in [4.69, 9.17) is 9.83 Å². The number of pyridine rings is 1.